The molecule has 0 spiro atoms. The maximum Gasteiger partial charge on any atom is 0.310 e. The van der Waals surface area contributed by atoms with E-state index in [1.54, 1.807) is 31.2 Å². The van der Waals surface area contributed by atoms with Gasteiger partial charge in [0.2, 0.25) is 5.78 Å². The predicted molar refractivity (Wildman–Crippen MR) is 62.4 cm³/mol. The third kappa shape index (κ3) is 2.29. The number of benzene rings is 1. The number of carboxylic acids is 1. The maximum absolute atomic E-state index is 11.9. The first-order valence-electron chi connectivity index (χ1n) is 5.36. The molecule has 1 N–H and O–H groups in total. The molecule has 0 saturated heterocycles. The molecule has 0 fully saturated rings. The van der Waals surface area contributed by atoms with Crippen molar-refractivity contribution < 1.29 is 19.1 Å². The number of rotatable bonds is 4. The van der Waals surface area contributed by atoms with Crippen LogP contribution in [0.3, 0.4) is 0 Å². The van der Waals surface area contributed by atoms with Crippen molar-refractivity contribution in [1.82, 2.24) is 4.98 Å². The van der Waals surface area contributed by atoms with Gasteiger partial charge in [-0.25, -0.2) is 4.98 Å². The van der Waals surface area contributed by atoms with Gasteiger partial charge in [-0.15, -0.1) is 0 Å². The molecule has 0 saturated carbocycles. The molecule has 2 rings (SSSR count). The summed E-state index contributed by atoms with van der Waals surface area (Å²) in [7, 11) is 0. The first-order valence-corrected chi connectivity index (χ1v) is 5.36. The molecule has 92 valence electrons. The van der Waals surface area contributed by atoms with Crippen LogP contribution in [0.2, 0.25) is 0 Å². The van der Waals surface area contributed by atoms with Crippen LogP contribution in [0.25, 0.3) is 0 Å². The fourth-order valence-corrected chi connectivity index (χ4v) is 1.55. The summed E-state index contributed by atoms with van der Waals surface area (Å²) in [5.41, 5.74) is 0.933. The zero-order valence-corrected chi connectivity index (χ0v) is 9.66. The van der Waals surface area contributed by atoms with Gasteiger partial charge in [0, 0.05) is 5.56 Å². The van der Waals surface area contributed by atoms with Crippen LogP contribution < -0.4 is 0 Å². The van der Waals surface area contributed by atoms with Crippen molar-refractivity contribution in [3.05, 3.63) is 53.7 Å². The van der Waals surface area contributed by atoms with Gasteiger partial charge in [0.1, 0.15) is 6.26 Å². The molecule has 5 heteroatoms. The summed E-state index contributed by atoms with van der Waals surface area (Å²) in [5, 5.41) is 8.93. The van der Waals surface area contributed by atoms with Crippen molar-refractivity contribution in [1.29, 1.82) is 0 Å². The van der Waals surface area contributed by atoms with E-state index in [1.165, 1.54) is 12.5 Å². The average Bonchev–Trinajstić information content (AvgIpc) is 2.91. The van der Waals surface area contributed by atoms with Crippen molar-refractivity contribution in [2.75, 3.05) is 0 Å². The van der Waals surface area contributed by atoms with Crippen LogP contribution in [0, 0.1) is 0 Å². The van der Waals surface area contributed by atoms with Crippen LogP contribution in [-0.2, 0) is 4.79 Å². The lowest BCUT2D eigenvalue weighted by atomic mass is 9.98. The van der Waals surface area contributed by atoms with E-state index in [0.29, 0.717) is 11.1 Å². The number of carbonyl (C=O) groups excluding carboxylic acids is 1. The van der Waals surface area contributed by atoms with Crippen LogP contribution in [0.4, 0.5) is 0 Å². The quantitative estimate of drug-likeness (QED) is 0.834. The van der Waals surface area contributed by atoms with E-state index in [-0.39, 0.29) is 11.7 Å². The molecule has 1 aromatic heterocycles. The Morgan fingerprint density at radius 1 is 1.39 bits per heavy atom. The minimum atomic E-state index is -0.935. The van der Waals surface area contributed by atoms with E-state index in [2.05, 4.69) is 4.98 Å². The van der Waals surface area contributed by atoms with Gasteiger partial charge in [-0.3, -0.25) is 9.59 Å². The highest BCUT2D eigenvalue weighted by molar-refractivity contribution is 6.06. The number of hydrogen-bond acceptors (Lipinski definition) is 4. The van der Waals surface area contributed by atoms with E-state index in [4.69, 9.17) is 9.52 Å². The molecular weight excluding hydrogens is 234 g/mol. The molecular formula is C13H11NO4. The summed E-state index contributed by atoms with van der Waals surface area (Å²) in [6, 6.07) is 6.46. The average molecular weight is 245 g/mol. The fraction of sp³-hybridized carbons (Fsp3) is 0.154. The summed E-state index contributed by atoms with van der Waals surface area (Å²) in [6.07, 6.45) is 2.70. The molecule has 1 heterocycles. The van der Waals surface area contributed by atoms with Gasteiger partial charge in [-0.2, -0.15) is 0 Å². The minimum Gasteiger partial charge on any atom is -0.481 e. The summed E-state index contributed by atoms with van der Waals surface area (Å²) in [5.74, 6) is -1.97. The van der Waals surface area contributed by atoms with Crippen molar-refractivity contribution >= 4 is 11.8 Å². The zero-order valence-electron chi connectivity index (χ0n) is 9.66. The van der Waals surface area contributed by atoms with E-state index < -0.39 is 11.9 Å². The Balaban J connectivity index is 2.33. The Labute approximate surface area is 103 Å². The highest BCUT2D eigenvalue weighted by atomic mass is 16.4. The largest absolute Gasteiger partial charge is 0.481 e. The van der Waals surface area contributed by atoms with Crippen LogP contribution in [0.15, 0.2) is 41.1 Å². The zero-order chi connectivity index (χ0) is 13.1. The number of hydrogen-bond donors (Lipinski definition) is 1. The monoisotopic (exact) mass is 245 g/mol. The molecule has 1 aromatic carbocycles. The Hall–Kier alpha value is -2.43. The number of oxazole rings is 1. The number of aromatic nitrogens is 1. The standard InChI is InChI=1S/C13H11NO4/c1-8(13(16)17)9-3-2-4-10(7-9)11(15)12-14-5-6-18-12/h2-8H,1H3,(H,16,17)/t8-/m1/s1. The summed E-state index contributed by atoms with van der Waals surface area (Å²) < 4.78 is 4.92. The van der Waals surface area contributed by atoms with E-state index in [9.17, 15) is 9.59 Å². The second-order valence-electron chi connectivity index (χ2n) is 3.85. The van der Waals surface area contributed by atoms with Gasteiger partial charge in [-0.1, -0.05) is 18.2 Å². The molecule has 0 radical (unpaired) electrons. The van der Waals surface area contributed by atoms with Crippen LogP contribution in [0.5, 0.6) is 0 Å². The highest BCUT2D eigenvalue weighted by Crippen LogP contribution is 2.18. The number of aliphatic carboxylic acids is 1. The molecule has 2 aromatic rings. The van der Waals surface area contributed by atoms with Crippen LogP contribution in [-0.4, -0.2) is 21.8 Å². The summed E-state index contributed by atoms with van der Waals surface area (Å²) >= 11 is 0. The molecule has 0 aliphatic carbocycles. The highest BCUT2D eigenvalue weighted by Gasteiger charge is 2.18. The molecule has 0 amide bonds. The molecule has 0 aliphatic rings. The second kappa shape index (κ2) is 4.83. The first kappa shape index (κ1) is 12.0. The Morgan fingerprint density at radius 3 is 2.78 bits per heavy atom. The summed E-state index contributed by atoms with van der Waals surface area (Å²) in [6.45, 7) is 1.57. The number of nitrogens with zero attached hydrogens (tertiary/aromatic N) is 1. The van der Waals surface area contributed by atoms with Gasteiger partial charge >= 0.3 is 5.97 Å². The van der Waals surface area contributed by atoms with E-state index >= 15 is 0 Å². The maximum atomic E-state index is 11.9. The third-order valence-corrected chi connectivity index (χ3v) is 2.65. The Kier molecular flexibility index (Phi) is 3.23. The molecule has 0 unspecified atom stereocenters. The molecule has 5 nitrogen and oxygen atoms in total. The molecule has 18 heavy (non-hydrogen) atoms. The number of carbonyl (C=O) groups is 2. The predicted octanol–water partition coefficient (Wildman–Crippen LogP) is 2.09. The first-order chi connectivity index (χ1) is 8.59. The molecule has 0 aliphatic heterocycles. The smallest absolute Gasteiger partial charge is 0.310 e. The van der Waals surface area contributed by atoms with Gasteiger partial charge in [0.25, 0.3) is 5.89 Å². The van der Waals surface area contributed by atoms with Gasteiger partial charge in [0.15, 0.2) is 0 Å². The topological polar surface area (TPSA) is 80.4 Å². The van der Waals surface area contributed by atoms with Crippen molar-refractivity contribution in [3.8, 4) is 0 Å². The van der Waals surface area contributed by atoms with Crippen molar-refractivity contribution in [3.63, 3.8) is 0 Å². The van der Waals surface area contributed by atoms with E-state index in [0.717, 1.165) is 0 Å². The molecule has 1 atom stereocenters. The number of ketones is 1. The Morgan fingerprint density at radius 2 is 2.17 bits per heavy atom. The Bertz CT molecular complexity index is 574. The minimum absolute atomic E-state index is 0.00451. The molecule has 0 bridgehead atoms. The van der Waals surface area contributed by atoms with E-state index in [1.807, 2.05) is 0 Å². The lowest BCUT2D eigenvalue weighted by Crippen LogP contribution is -2.09. The van der Waals surface area contributed by atoms with Crippen LogP contribution >= 0.6 is 0 Å². The second-order valence-corrected chi connectivity index (χ2v) is 3.85. The van der Waals surface area contributed by atoms with Gasteiger partial charge < -0.3 is 9.52 Å². The van der Waals surface area contributed by atoms with Gasteiger partial charge in [0.05, 0.1) is 12.1 Å². The SMILES string of the molecule is C[C@@H](C(=O)O)c1cccc(C(=O)c2ncco2)c1. The normalized spacial score (nSPS) is 12.1. The van der Waals surface area contributed by atoms with Gasteiger partial charge in [-0.05, 0) is 18.6 Å². The summed E-state index contributed by atoms with van der Waals surface area (Å²) in [4.78, 5) is 26.6. The van der Waals surface area contributed by atoms with Crippen molar-refractivity contribution in [2.24, 2.45) is 0 Å². The van der Waals surface area contributed by atoms with Crippen LogP contribution in [0.1, 0.15) is 34.7 Å². The number of carboxylic acid groups (broad SMARTS) is 1. The van der Waals surface area contributed by atoms with Crippen molar-refractivity contribution in [2.45, 2.75) is 12.8 Å². The fourth-order valence-electron chi connectivity index (χ4n) is 1.55. The lowest BCUT2D eigenvalue weighted by Gasteiger charge is -2.07. The third-order valence-electron chi connectivity index (χ3n) is 2.65. The lowest BCUT2D eigenvalue weighted by molar-refractivity contribution is -0.138.